The van der Waals surface area contributed by atoms with Gasteiger partial charge in [0.2, 0.25) is 0 Å². The number of thiazole rings is 1. The number of benzene rings is 2. The van der Waals surface area contributed by atoms with E-state index in [9.17, 15) is 4.79 Å². The first-order valence-electron chi connectivity index (χ1n) is 7.34. The van der Waals surface area contributed by atoms with Crippen LogP contribution >= 0.6 is 11.3 Å². The van der Waals surface area contributed by atoms with Crippen molar-refractivity contribution >= 4 is 44.2 Å². The van der Waals surface area contributed by atoms with Gasteiger partial charge in [-0.1, -0.05) is 11.6 Å². The third-order valence-corrected chi connectivity index (χ3v) is 4.92. The molecule has 2 N–H and O–H groups in total. The number of ether oxygens (including phenoxy) is 1. The number of hydrogen-bond acceptors (Lipinski definition) is 6. The minimum Gasteiger partial charge on any atom is -0.465 e. The molecule has 0 aliphatic carbocycles. The van der Waals surface area contributed by atoms with Crippen molar-refractivity contribution in [2.75, 3.05) is 12.8 Å². The molecule has 4 rings (SSSR count). The molecule has 24 heavy (non-hydrogen) atoms. The smallest absolute Gasteiger partial charge is 0.337 e. The Morgan fingerprint density at radius 3 is 2.88 bits per heavy atom. The van der Waals surface area contributed by atoms with Crippen LogP contribution in [0.25, 0.3) is 32.0 Å². The number of fused-ring (bicyclic) bond motifs is 2. The van der Waals surface area contributed by atoms with Crippen LogP contribution in [0.15, 0.2) is 40.8 Å². The Morgan fingerprint density at radius 2 is 2.08 bits per heavy atom. The molecule has 0 saturated heterocycles. The Hall–Kier alpha value is -2.86. The topological polar surface area (TPSA) is 78.3 Å². The molecule has 0 atom stereocenters. The Bertz CT molecular complexity index is 1090. The molecule has 0 amide bonds. The fraction of sp³-hybridized carbons (Fsp3) is 0.111. The number of aryl methyl sites for hydroxylation is 1. The Balaban J connectivity index is 1.87. The molecule has 120 valence electrons. The van der Waals surface area contributed by atoms with Gasteiger partial charge >= 0.3 is 5.97 Å². The Kier molecular flexibility index (Phi) is 3.28. The van der Waals surface area contributed by atoms with Crippen LogP contribution in [0.4, 0.5) is 5.69 Å². The van der Waals surface area contributed by atoms with E-state index < -0.39 is 0 Å². The van der Waals surface area contributed by atoms with Gasteiger partial charge in [0.05, 0.1) is 28.6 Å². The first kappa shape index (κ1) is 14.7. The lowest BCUT2D eigenvalue weighted by atomic mass is 10.1. The van der Waals surface area contributed by atoms with Gasteiger partial charge in [-0.25, -0.2) is 9.78 Å². The van der Waals surface area contributed by atoms with Crippen LogP contribution in [-0.4, -0.2) is 18.1 Å². The standard InChI is InChI=1S/C18H14N2O3S/c1-9-3-5-13-11(7-9)15(19)16(23-13)17-20-12-8-10(18(21)22-2)4-6-14(12)24-17/h3-8H,19H2,1-2H3. The van der Waals surface area contributed by atoms with Gasteiger partial charge in [0.1, 0.15) is 5.58 Å². The summed E-state index contributed by atoms with van der Waals surface area (Å²) in [5, 5.41) is 1.58. The minimum atomic E-state index is -0.384. The molecule has 0 radical (unpaired) electrons. The van der Waals surface area contributed by atoms with Crippen molar-refractivity contribution in [3.63, 3.8) is 0 Å². The summed E-state index contributed by atoms with van der Waals surface area (Å²) in [6.07, 6.45) is 0. The van der Waals surface area contributed by atoms with Crippen molar-refractivity contribution in [2.45, 2.75) is 6.92 Å². The average molecular weight is 338 g/mol. The molecular formula is C18H14N2O3S. The summed E-state index contributed by atoms with van der Waals surface area (Å²) < 4.78 is 11.6. The summed E-state index contributed by atoms with van der Waals surface area (Å²) in [5.41, 5.74) is 9.89. The van der Waals surface area contributed by atoms with E-state index in [-0.39, 0.29) is 5.97 Å². The molecule has 0 aliphatic rings. The fourth-order valence-corrected chi connectivity index (χ4v) is 3.60. The zero-order valence-corrected chi connectivity index (χ0v) is 13.9. The lowest BCUT2D eigenvalue weighted by Gasteiger charge is -1.97. The number of hydrogen-bond donors (Lipinski definition) is 1. The van der Waals surface area contributed by atoms with Crippen molar-refractivity contribution in [1.82, 2.24) is 4.98 Å². The number of nitrogens with two attached hydrogens (primary N) is 1. The van der Waals surface area contributed by atoms with Crippen LogP contribution in [0.1, 0.15) is 15.9 Å². The average Bonchev–Trinajstić information content (AvgIpc) is 3.14. The second-order valence-corrected chi connectivity index (χ2v) is 6.57. The maximum absolute atomic E-state index is 11.7. The zero-order valence-electron chi connectivity index (χ0n) is 13.1. The quantitative estimate of drug-likeness (QED) is 0.549. The zero-order chi connectivity index (χ0) is 16.8. The molecule has 2 heterocycles. The first-order valence-corrected chi connectivity index (χ1v) is 8.16. The Labute approximate surface area is 141 Å². The number of aromatic nitrogens is 1. The second-order valence-electron chi connectivity index (χ2n) is 5.54. The SMILES string of the molecule is COC(=O)c1ccc2sc(-c3oc4ccc(C)cc4c3N)nc2c1. The normalized spacial score (nSPS) is 11.2. The van der Waals surface area contributed by atoms with Crippen molar-refractivity contribution in [1.29, 1.82) is 0 Å². The van der Waals surface area contributed by atoms with E-state index >= 15 is 0 Å². The number of rotatable bonds is 2. The van der Waals surface area contributed by atoms with Crippen LogP contribution in [0.5, 0.6) is 0 Å². The monoisotopic (exact) mass is 338 g/mol. The molecule has 0 unspecified atom stereocenters. The summed E-state index contributed by atoms with van der Waals surface area (Å²) in [5.74, 6) is 0.182. The van der Waals surface area contributed by atoms with E-state index in [0.717, 1.165) is 21.2 Å². The van der Waals surface area contributed by atoms with Crippen molar-refractivity contribution in [3.05, 3.63) is 47.5 Å². The van der Waals surface area contributed by atoms with Crippen molar-refractivity contribution in [2.24, 2.45) is 0 Å². The van der Waals surface area contributed by atoms with Gasteiger partial charge in [0.25, 0.3) is 0 Å². The number of carbonyl (C=O) groups is 1. The highest BCUT2D eigenvalue weighted by atomic mass is 32.1. The lowest BCUT2D eigenvalue weighted by Crippen LogP contribution is -2.00. The van der Waals surface area contributed by atoms with Gasteiger partial charge in [-0.15, -0.1) is 11.3 Å². The number of methoxy groups -OCH3 is 1. The van der Waals surface area contributed by atoms with Gasteiger partial charge in [0.15, 0.2) is 10.8 Å². The summed E-state index contributed by atoms with van der Waals surface area (Å²) >= 11 is 1.48. The van der Waals surface area contributed by atoms with E-state index in [2.05, 4.69) is 4.98 Å². The maximum atomic E-state index is 11.7. The molecule has 4 aromatic rings. The van der Waals surface area contributed by atoms with Crippen LogP contribution in [0.3, 0.4) is 0 Å². The van der Waals surface area contributed by atoms with E-state index in [1.807, 2.05) is 31.2 Å². The van der Waals surface area contributed by atoms with Crippen LogP contribution < -0.4 is 5.73 Å². The molecule has 6 heteroatoms. The summed E-state index contributed by atoms with van der Waals surface area (Å²) in [4.78, 5) is 16.2. The predicted octanol–water partition coefficient (Wildman–Crippen LogP) is 4.39. The number of esters is 1. The molecule has 0 aliphatic heterocycles. The van der Waals surface area contributed by atoms with Gasteiger partial charge < -0.3 is 14.9 Å². The fourth-order valence-electron chi connectivity index (χ4n) is 2.66. The van der Waals surface area contributed by atoms with E-state index in [1.165, 1.54) is 18.4 Å². The summed E-state index contributed by atoms with van der Waals surface area (Å²) in [7, 11) is 1.36. The second kappa shape index (κ2) is 5.35. The van der Waals surface area contributed by atoms with E-state index in [0.29, 0.717) is 27.5 Å². The van der Waals surface area contributed by atoms with Crippen molar-refractivity contribution < 1.29 is 13.9 Å². The maximum Gasteiger partial charge on any atom is 0.337 e. The highest BCUT2D eigenvalue weighted by molar-refractivity contribution is 7.21. The molecular weight excluding hydrogens is 324 g/mol. The molecule has 0 bridgehead atoms. The van der Waals surface area contributed by atoms with Crippen LogP contribution in [-0.2, 0) is 4.74 Å². The number of nitrogens with zero attached hydrogens (tertiary/aromatic N) is 1. The summed E-state index contributed by atoms with van der Waals surface area (Å²) in [6, 6.07) is 11.2. The molecule has 0 spiro atoms. The first-order chi connectivity index (χ1) is 11.6. The molecule has 5 nitrogen and oxygen atoms in total. The predicted molar refractivity (Wildman–Crippen MR) is 95.3 cm³/mol. The molecule has 2 aromatic carbocycles. The van der Waals surface area contributed by atoms with Gasteiger partial charge in [-0.05, 0) is 37.3 Å². The van der Waals surface area contributed by atoms with Crippen LogP contribution in [0.2, 0.25) is 0 Å². The minimum absolute atomic E-state index is 0.384. The van der Waals surface area contributed by atoms with Gasteiger partial charge in [-0.3, -0.25) is 0 Å². The molecule has 2 aromatic heterocycles. The molecule has 0 saturated carbocycles. The van der Waals surface area contributed by atoms with Crippen LogP contribution in [0, 0.1) is 6.92 Å². The largest absolute Gasteiger partial charge is 0.465 e. The van der Waals surface area contributed by atoms with Crippen molar-refractivity contribution in [3.8, 4) is 10.8 Å². The number of anilines is 1. The Morgan fingerprint density at radius 1 is 1.25 bits per heavy atom. The third-order valence-electron chi connectivity index (χ3n) is 3.88. The number of nitrogen functional groups attached to an aromatic ring is 1. The lowest BCUT2D eigenvalue weighted by molar-refractivity contribution is 0.0601. The van der Waals surface area contributed by atoms with E-state index in [4.69, 9.17) is 14.9 Å². The number of carbonyl (C=O) groups excluding carboxylic acids is 1. The highest BCUT2D eigenvalue weighted by Crippen LogP contribution is 2.39. The van der Waals surface area contributed by atoms with Gasteiger partial charge in [0, 0.05) is 5.39 Å². The number of furan rings is 1. The highest BCUT2D eigenvalue weighted by Gasteiger charge is 2.18. The van der Waals surface area contributed by atoms with Gasteiger partial charge in [-0.2, -0.15) is 0 Å². The van der Waals surface area contributed by atoms with E-state index in [1.54, 1.807) is 12.1 Å². The summed E-state index contributed by atoms with van der Waals surface area (Å²) in [6.45, 7) is 2.01. The third kappa shape index (κ3) is 2.23. The molecule has 0 fully saturated rings.